The van der Waals surface area contributed by atoms with Crippen LogP contribution >= 0.6 is 0 Å². The van der Waals surface area contributed by atoms with Gasteiger partial charge in [0.15, 0.2) is 0 Å². The number of nitrogens with two attached hydrogens (primary N) is 1. The molecule has 34 heavy (non-hydrogen) atoms. The molecule has 5 rings (SSSR count). The molecule has 3 heterocycles. The topological polar surface area (TPSA) is 68.7 Å². The Hall–Kier alpha value is -3.38. The molecule has 0 spiro atoms. The van der Waals surface area contributed by atoms with E-state index in [0.717, 1.165) is 46.7 Å². The van der Waals surface area contributed by atoms with Crippen LogP contribution in [0.2, 0.25) is 0 Å². The van der Waals surface area contributed by atoms with Crippen molar-refractivity contribution >= 4 is 11.5 Å². The SMILES string of the molecule is CCC1C(c2cccc(-c3nc(N)nn4c(-c5ccccc5OC)ccc34)c2)CCCN1CC. The Morgan fingerprint density at radius 2 is 1.91 bits per heavy atom. The highest BCUT2D eigenvalue weighted by Crippen LogP contribution is 2.37. The minimum absolute atomic E-state index is 0.251. The normalized spacial score (nSPS) is 18.9. The number of nitrogens with zero attached hydrogens (tertiary/aromatic N) is 4. The molecule has 2 aromatic heterocycles. The lowest BCUT2D eigenvalue weighted by molar-refractivity contribution is 0.129. The molecule has 4 aromatic rings. The average Bonchev–Trinajstić information content (AvgIpc) is 3.31. The van der Waals surface area contributed by atoms with Gasteiger partial charge in [-0.25, -0.2) is 9.50 Å². The molecule has 1 aliphatic rings. The number of ether oxygens (including phenoxy) is 1. The van der Waals surface area contributed by atoms with E-state index >= 15 is 0 Å². The van der Waals surface area contributed by atoms with Crippen LogP contribution in [0.5, 0.6) is 5.75 Å². The number of hydrogen-bond acceptors (Lipinski definition) is 5. The Kier molecular flexibility index (Phi) is 6.24. The fourth-order valence-electron chi connectivity index (χ4n) is 5.65. The van der Waals surface area contributed by atoms with Crippen LogP contribution < -0.4 is 10.5 Å². The third-order valence-corrected chi connectivity index (χ3v) is 7.22. The van der Waals surface area contributed by atoms with E-state index in [9.17, 15) is 0 Å². The number of rotatable bonds is 6. The van der Waals surface area contributed by atoms with Crippen molar-refractivity contribution in [1.82, 2.24) is 19.5 Å². The third kappa shape index (κ3) is 3.92. The first-order valence-corrected chi connectivity index (χ1v) is 12.3. The molecule has 176 valence electrons. The standard InChI is InChI=1S/C28H33N5O/c1-4-23-21(13-9-17-32(23)5-2)19-10-8-11-20(18-19)27-25-16-15-24(33(25)31-28(29)30-27)22-12-6-7-14-26(22)34-3/h6-8,10-12,14-16,18,21,23H,4-5,9,13,17H2,1-3H3,(H2,29,31). The van der Waals surface area contributed by atoms with Crippen LogP contribution in [-0.4, -0.2) is 45.7 Å². The zero-order valence-corrected chi connectivity index (χ0v) is 20.2. The van der Waals surface area contributed by atoms with Gasteiger partial charge in [-0.1, -0.05) is 44.2 Å². The molecule has 2 N–H and O–H groups in total. The second-order valence-electron chi connectivity index (χ2n) is 9.01. The predicted molar refractivity (Wildman–Crippen MR) is 138 cm³/mol. The molecule has 2 atom stereocenters. The van der Waals surface area contributed by atoms with Crippen molar-refractivity contribution in [2.24, 2.45) is 0 Å². The molecule has 0 amide bonds. The fraction of sp³-hybridized carbons (Fsp3) is 0.357. The van der Waals surface area contributed by atoms with Crippen molar-refractivity contribution in [3.8, 4) is 28.3 Å². The minimum Gasteiger partial charge on any atom is -0.496 e. The summed E-state index contributed by atoms with van der Waals surface area (Å²) in [5.74, 6) is 1.58. The van der Waals surface area contributed by atoms with Gasteiger partial charge >= 0.3 is 0 Å². The molecule has 1 fully saturated rings. The number of fused-ring (bicyclic) bond motifs is 1. The summed E-state index contributed by atoms with van der Waals surface area (Å²) in [5, 5.41) is 4.55. The van der Waals surface area contributed by atoms with Gasteiger partial charge in [-0.15, -0.1) is 5.10 Å². The van der Waals surface area contributed by atoms with Gasteiger partial charge < -0.3 is 15.4 Å². The van der Waals surface area contributed by atoms with Crippen LogP contribution in [0.15, 0.2) is 60.7 Å². The zero-order chi connectivity index (χ0) is 23.7. The first-order valence-electron chi connectivity index (χ1n) is 12.3. The van der Waals surface area contributed by atoms with E-state index < -0.39 is 0 Å². The van der Waals surface area contributed by atoms with E-state index in [2.05, 4.69) is 65.2 Å². The van der Waals surface area contributed by atoms with Crippen molar-refractivity contribution < 1.29 is 4.74 Å². The molecular weight excluding hydrogens is 422 g/mol. The lowest BCUT2D eigenvalue weighted by atomic mass is 9.81. The van der Waals surface area contributed by atoms with Crippen LogP contribution in [0.25, 0.3) is 28.0 Å². The summed E-state index contributed by atoms with van der Waals surface area (Å²) in [6, 6.07) is 21.5. The molecule has 6 nitrogen and oxygen atoms in total. The largest absolute Gasteiger partial charge is 0.496 e. The Morgan fingerprint density at radius 1 is 1.06 bits per heavy atom. The molecule has 2 unspecified atom stereocenters. The van der Waals surface area contributed by atoms with Gasteiger partial charge in [0.1, 0.15) is 11.4 Å². The predicted octanol–water partition coefficient (Wildman–Crippen LogP) is 5.63. The second-order valence-corrected chi connectivity index (χ2v) is 9.01. The third-order valence-electron chi connectivity index (χ3n) is 7.22. The Bertz CT molecular complexity index is 1300. The number of para-hydroxylation sites is 1. The molecule has 0 radical (unpaired) electrons. The summed E-state index contributed by atoms with van der Waals surface area (Å²) >= 11 is 0. The molecule has 0 saturated carbocycles. The van der Waals surface area contributed by atoms with Crippen LogP contribution in [-0.2, 0) is 0 Å². The van der Waals surface area contributed by atoms with E-state index in [1.165, 1.54) is 24.9 Å². The number of nitrogen functional groups attached to an aromatic ring is 1. The molecule has 0 aliphatic carbocycles. The fourth-order valence-corrected chi connectivity index (χ4v) is 5.65. The summed E-state index contributed by atoms with van der Waals surface area (Å²) in [6.45, 7) is 6.88. The minimum atomic E-state index is 0.251. The highest BCUT2D eigenvalue weighted by atomic mass is 16.5. The van der Waals surface area contributed by atoms with Gasteiger partial charge in [0, 0.05) is 17.2 Å². The molecule has 0 bridgehead atoms. The van der Waals surface area contributed by atoms with Gasteiger partial charge in [-0.05, 0) is 74.2 Å². The number of likely N-dealkylation sites (tertiary alicyclic amines) is 1. The summed E-state index contributed by atoms with van der Waals surface area (Å²) in [6.07, 6.45) is 3.63. The lowest BCUT2D eigenvalue weighted by Gasteiger charge is -2.41. The lowest BCUT2D eigenvalue weighted by Crippen LogP contribution is -2.43. The van der Waals surface area contributed by atoms with E-state index in [0.29, 0.717) is 12.0 Å². The monoisotopic (exact) mass is 455 g/mol. The average molecular weight is 456 g/mol. The van der Waals surface area contributed by atoms with Crippen molar-refractivity contribution in [2.45, 2.75) is 45.1 Å². The zero-order valence-electron chi connectivity index (χ0n) is 20.2. The van der Waals surface area contributed by atoms with E-state index in [1.54, 1.807) is 7.11 Å². The summed E-state index contributed by atoms with van der Waals surface area (Å²) in [7, 11) is 1.68. The van der Waals surface area contributed by atoms with Crippen molar-refractivity contribution in [2.75, 3.05) is 25.9 Å². The Labute approximate surface area is 201 Å². The van der Waals surface area contributed by atoms with Crippen LogP contribution in [0.4, 0.5) is 5.95 Å². The maximum absolute atomic E-state index is 6.22. The van der Waals surface area contributed by atoms with Crippen LogP contribution in [0.3, 0.4) is 0 Å². The summed E-state index contributed by atoms with van der Waals surface area (Å²) in [5.41, 5.74) is 12.4. The number of methoxy groups -OCH3 is 1. The second kappa shape index (κ2) is 9.47. The van der Waals surface area contributed by atoms with E-state index in [4.69, 9.17) is 10.5 Å². The van der Waals surface area contributed by atoms with E-state index in [1.807, 2.05) is 28.8 Å². The first kappa shape index (κ1) is 22.4. The molecular formula is C28H33N5O. The van der Waals surface area contributed by atoms with Gasteiger partial charge in [0.05, 0.1) is 18.3 Å². The molecule has 6 heteroatoms. The number of likely N-dealkylation sites (N-methyl/N-ethyl adjacent to an activating group) is 1. The van der Waals surface area contributed by atoms with Gasteiger partial charge in [0.2, 0.25) is 5.95 Å². The van der Waals surface area contributed by atoms with Gasteiger partial charge in [0.25, 0.3) is 0 Å². The Morgan fingerprint density at radius 3 is 2.71 bits per heavy atom. The number of piperidine rings is 1. The highest BCUT2D eigenvalue weighted by molar-refractivity contribution is 5.82. The first-order chi connectivity index (χ1) is 16.6. The molecule has 2 aromatic carbocycles. The molecule has 1 saturated heterocycles. The summed E-state index contributed by atoms with van der Waals surface area (Å²) < 4.78 is 7.48. The van der Waals surface area contributed by atoms with Crippen molar-refractivity contribution in [3.05, 3.63) is 66.2 Å². The van der Waals surface area contributed by atoms with Crippen molar-refractivity contribution in [3.63, 3.8) is 0 Å². The van der Waals surface area contributed by atoms with Crippen LogP contribution in [0, 0.1) is 0 Å². The number of benzene rings is 2. The van der Waals surface area contributed by atoms with Gasteiger partial charge in [-0.3, -0.25) is 0 Å². The summed E-state index contributed by atoms with van der Waals surface area (Å²) in [4.78, 5) is 7.32. The smallest absolute Gasteiger partial charge is 0.239 e. The van der Waals surface area contributed by atoms with Crippen molar-refractivity contribution in [1.29, 1.82) is 0 Å². The number of hydrogen-bond donors (Lipinski definition) is 1. The number of aromatic nitrogens is 3. The van der Waals surface area contributed by atoms with Crippen LogP contribution in [0.1, 0.15) is 44.6 Å². The maximum atomic E-state index is 6.22. The maximum Gasteiger partial charge on any atom is 0.239 e. The quantitative estimate of drug-likeness (QED) is 0.408. The van der Waals surface area contributed by atoms with Gasteiger partial charge in [-0.2, -0.15) is 0 Å². The Balaban J connectivity index is 1.60. The number of anilines is 1. The highest BCUT2D eigenvalue weighted by Gasteiger charge is 2.30. The molecule has 1 aliphatic heterocycles. The van der Waals surface area contributed by atoms with E-state index in [-0.39, 0.29) is 5.95 Å².